The Hall–Kier alpha value is -0.910. The zero-order valence-electron chi connectivity index (χ0n) is 10.3. The van der Waals surface area contributed by atoms with E-state index in [1.165, 1.54) is 18.4 Å². The van der Waals surface area contributed by atoms with Gasteiger partial charge in [0, 0.05) is 26.2 Å². The van der Waals surface area contributed by atoms with Gasteiger partial charge in [0.05, 0.1) is 4.90 Å². The van der Waals surface area contributed by atoms with Crippen molar-refractivity contribution in [1.29, 1.82) is 0 Å². The van der Waals surface area contributed by atoms with Gasteiger partial charge in [-0.3, -0.25) is 0 Å². The maximum atomic E-state index is 12.5. The molecule has 0 spiro atoms. The molecule has 2 fully saturated rings. The first kappa shape index (κ1) is 12.1. The van der Waals surface area contributed by atoms with Crippen LogP contribution in [0.3, 0.4) is 0 Å². The second-order valence-corrected chi connectivity index (χ2v) is 6.94. The Kier molecular flexibility index (Phi) is 3.13. The van der Waals surface area contributed by atoms with Gasteiger partial charge >= 0.3 is 0 Å². The minimum absolute atomic E-state index is 0.453. The average molecular weight is 266 g/mol. The molecule has 2 aliphatic rings. The van der Waals surface area contributed by atoms with Gasteiger partial charge in [-0.05, 0) is 36.5 Å². The Morgan fingerprint density at radius 1 is 1.17 bits per heavy atom. The lowest BCUT2D eigenvalue weighted by atomic mass is 10.1. The number of nitrogens with one attached hydrogen (secondary N) is 1. The molecule has 0 atom stereocenters. The predicted octanol–water partition coefficient (Wildman–Crippen LogP) is 1.16. The molecule has 1 aromatic carbocycles. The molecule has 4 nitrogen and oxygen atoms in total. The number of hydrogen-bond acceptors (Lipinski definition) is 3. The molecule has 1 N–H and O–H groups in total. The monoisotopic (exact) mass is 266 g/mol. The van der Waals surface area contributed by atoms with Crippen molar-refractivity contribution in [2.45, 2.75) is 23.7 Å². The highest BCUT2D eigenvalue weighted by Crippen LogP contribution is 2.40. The number of piperazine rings is 1. The van der Waals surface area contributed by atoms with Crippen LogP contribution in [0.2, 0.25) is 0 Å². The van der Waals surface area contributed by atoms with Crippen LogP contribution in [0.15, 0.2) is 29.2 Å². The van der Waals surface area contributed by atoms with Crippen LogP contribution in [0.25, 0.3) is 0 Å². The molecule has 0 bridgehead atoms. The zero-order valence-corrected chi connectivity index (χ0v) is 11.1. The topological polar surface area (TPSA) is 49.4 Å². The Bertz CT molecular complexity index is 532. The van der Waals surface area contributed by atoms with Crippen LogP contribution in [0.5, 0.6) is 0 Å². The predicted molar refractivity (Wildman–Crippen MR) is 70.0 cm³/mol. The number of hydrogen-bond donors (Lipinski definition) is 1. The first-order chi connectivity index (χ1) is 8.68. The van der Waals surface area contributed by atoms with Crippen LogP contribution in [0.4, 0.5) is 0 Å². The van der Waals surface area contributed by atoms with Crippen LogP contribution in [-0.2, 0) is 10.0 Å². The lowest BCUT2D eigenvalue weighted by molar-refractivity contribution is 0.360. The van der Waals surface area contributed by atoms with E-state index in [0.29, 0.717) is 23.9 Å². The van der Waals surface area contributed by atoms with Crippen molar-refractivity contribution >= 4 is 10.0 Å². The van der Waals surface area contributed by atoms with E-state index >= 15 is 0 Å². The van der Waals surface area contributed by atoms with Gasteiger partial charge in [0.25, 0.3) is 0 Å². The van der Waals surface area contributed by atoms with Crippen molar-refractivity contribution in [2.75, 3.05) is 26.2 Å². The van der Waals surface area contributed by atoms with Gasteiger partial charge in [0.15, 0.2) is 0 Å². The largest absolute Gasteiger partial charge is 0.314 e. The third kappa shape index (κ3) is 2.30. The lowest BCUT2D eigenvalue weighted by Crippen LogP contribution is -2.46. The zero-order chi connectivity index (χ0) is 12.6. The molecular formula is C13H18N2O2S. The van der Waals surface area contributed by atoms with Crippen LogP contribution >= 0.6 is 0 Å². The highest BCUT2D eigenvalue weighted by atomic mass is 32.2. The molecule has 0 radical (unpaired) electrons. The Morgan fingerprint density at radius 2 is 1.89 bits per heavy atom. The van der Waals surface area contributed by atoms with Gasteiger partial charge < -0.3 is 5.32 Å². The molecule has 0 unspecified atom stereocenters. The second-order valence-electron chi connectivity index (χ2n) is 5.00. The number of benzene rings is 1. The van der Waals surface area contributed by atoms with Crippen molar-refractivity contribution in [2.24, 2.45) is 0 Å². The van der Waals surface area contributed by atoms with Crippen molar-refractivity contribution in [3.63, 3.8) is 0 Å². The van der Waals surface area contributed by atoms with E-state index in [-0.39, 0.29) is 0 Å². The molecule has 3 rings (SSSR count). The molecule has 5 heteroatoms. The highest BCUT2D eigenvalue weighted by Gasteiger charge is 2.28. The second kappa shape index (κ2) is 4.64. The Balaban J connectivity index is 1.89. The normalized spacial score (nSPS) is 22.0. The van der Waals surface area contributed by atoms with Gasteiger partial charge in [-0.25, -0.2) is 8.42 Å². The van der Waals surface area contributed by atoms with Crippen molar-refractivity contribution in [3.8, 4) is 0 Å². The van der Waals surface area contributed by atoms with Crippen LogP contribution in [0, 0.1) is 0 Å². The summed E-state index contributed by atoms with van der Waals surface area (Å²) in [5, 5.41) is 3.17. The number of sulfonamides is 1. The SMILES string of the molecule is O=S(=O)(c1cccc(C2CC2)c1)N1CCNCC1. The summed E-state index contributed by atoms with van der Waals surface area (Å²) in [6, 6.07) is 7.47. The Labute approximate surface area is 108 Å². The molecule has 1 aromatic rings. The molecule has 1 saturated heterocycles. The first-order valence-electron chi connectivity index (χ1n) is 6.49. The van der Waals surface area contributed by atoms with Gasteiger partial charge in [-0.2, -0.15) is 4.31 Å². The van der Waals surface area contributed by atoms with Crippen LogP contribution in [-0.4, -0.2) is 38.9 Å². The fraction of sp³-hybridized carbons (Fsp3) is 0.538. The van der Waals surface area contributed by atoms with E-state index < -0.39 is 10.0 Å². The summed E-state index contributed by atoms with van der Waals surface area (Å²) in [5.74, 6) is 0.586. The maximum Gasteiger partial charge on any atom is 0.243 e. The average Bonchev–Trinajstić information content (AvgIpc) is 3.24. The van der Waals surface area contributed by atoms with Crippen molar-refractivity contribution in [3.05, 3.63) is 29.8 Å². The van der Waals surface area contributed by atoms with E-state index in [1.807, 2.05) is 18.2 Å². The maximum absolute atomic E-state index is 12.5. The van der Waals surface area contributed by atoms with E-state index in [4.69, 9.17) is 0 Å². The third-order valence-electron chi connectivity index (χ3n) is 3.62. The fourth-order valence-electron chi connectivity index (χ4n) is 2.38. The minimum Gasteiger partial charge on any atom is -0.314 e. The lowest BCUT2D eigenvalue weighted by Gasteiger charge is -2.26. The van der Waals surface area contributed by atoms with E-state index in [2.05, 4.69) is 5.32 Å². The van der Waals surface area contributed by atoms with Crippen molar-refractivity contribution < 1.29 is 8.42 Å². The summed E-state index contributed by atoms with van der Waals surface area (Å²) < 4.78 is 26.5. The van der Waals surface area contributed by atoms with Gasteiger partial charge in [-0.15, -0.1) is 0 Å². The van der Waals surface area contributed by atoms with Gasteiger partial charge in [0.2, 0.25) is 10.0 Å². The quantitative estimate of drug-likeness (QED) is 0.893. The third-order valence-corrected chi connectivity index (χ3v) is 5.52. The highest BCUT2D eigenvalue weighted by molar-refractivity contribution is 7.89. The Morgan fingerprint density at radius 3 is 2.56 bits per heavy atom. The van der Waals surface area contributed by atoms with Gasteiger partial charge in [-0.1, -0.05) is 12.1 Å². The van der Waals surface area contributed by atoms with Crippen LogP contribution < -0.4 is 5.32 Å². The summed E-state index contributed by atoms with van der Waals surface area (Å²) in [6.45, 7) is 2.61. The summed E-state index contributed by atoms with van der Waals surface area (Å²) in [7, 11) is -3.30. The smallest absolute Gasteiger partial charge is 0.243 e. The van der Waals surface area contributed by atoms with E-state index in [9.17, 15) is 8.42 Å². The number of rotatable bonds is 3. The molecule has 1 heterocycles. The number of nitrogens with zero attached hydrogens (tertiary/aromatic N) is 1. The van der Waals surface area contributed by atoms with Crippen molar-refractivity contribution in [1.82, 2.24) is 9.62 Å². The molecular weight excluding hydrogens is 248 g/mol. The molecule has 18 heavy (non-hydrogen) atoms. The van der Waals surface area contributed by atoms with Gasteiger partial charge in [0.1, 0.15) is 0 Å². The minimum atomic E-state index is -3.30. The fourth-order valence-corrected chi connectivity index (χ4v) is 3.88. The summed E-state index contributed by atoms with van der Waals surface area (Å²) >= 11 is 0. The molecule has 0 amide bonds. The standard InChI is InChI=1S/C13H18N2O2S/c16-18(17,15-8-6-14-7-9-15)13-3-1-2-12(10-13)11-4-5-11/h1-3,10-11,14H,4-9H2. The summed E-state index contributed by atoms with van der Waals surface area (Å²) in [4.78, 5) is 0.453. The molecule has 1 aliphatic carbocycles. The van der Waals surface area contributed by atoms with E-state index in [0.717, 1.165) is 13.1 Å². The summed E-state index contributed by atoms with van der Waals surface area (Å²) in [5.41, 5.74) is 1.17. The first-order valence-corrected chi connectivity index (χ1v) is 7.93. The van der Waals surface area contributed by atoms with E-state index in [1.54, 1.807) is 10.4 Å². The molecule has 98 valence electrons. The molecule has 1 aliphatic heterocycles. The van der Waals surface area contributed by atoms with Crippen LogP contribution in [0.1, 0.15) is 24.3 Å². The summed E-state index contributed by atoms with van der Waals surface area (Å²) in [6.07, 6.45) is 2.38. The molecule has 1 saturated carbocycles. The molecule has 0 aromatic heterocycles.